The van der Waals surface area contributed by atoms with Crippen LogP contribution in [0.4, 0.5) is 0 Å². The fourth-order valence-corrected chi connectivity index (χ4v) is 2.82. The Labute approximate surface area is 109 Å². The first-order valence-electron chi connectivity index (χ1n) is 6.89. The Morgan fingerprint density at radius 2 is 2.17 bits per heavy atom. The van der Waals surface area contributed by atoms with Crippen molar-refractivity contribution in [1.29, 1.82) is 0 Å². The highest BCUT2D eigenvalue weighted by Crippen LogP contribution is 2.33. The molecule has 0 bridgehead atoms. The molecule has 1 aliphatic heterocycles. The Hall–Kier alpha value is -1.12. The molecule has 1 saturated heterocycles. The second kappa shape index (κ2) is 5.25. The van der Waals surface area contributed by atoms with Crippen molar-refractivity contribution in [2.75, 3.05) is 26.7 Å². The van der Waals surface area contributed by atoms with Crippen molar-refractivity contribution in [3.05, 3.63) is 41.0 Å². The van der Waals surface area contributed by atoms with Gasteiger partial charge in [-0.05, 0) is 60.7 Å². The normalized spacial score (nSPS) is 21.1. The summed E-state index contributed by atoms with van der Waals surface area (Å²) in [5.41, 5.74) is 5.79. The number of hydrogen-bond acceptors (Lipinski definition) is 2. The highest BCUT2D eigenvalue weighted by atomic mass is 16.5. The van der Waals surface area contributed by atoms with Crippen molar-refractivity contribution < 1.29 is 4.74 Å². The van der Waals surface area contributed by atoms with Crippen molar-refractivity contribution in [2.24, 2.45) is 0 Å². The maximum Gasteiger partial charge on any atom is 0.0713 e. The Balaban J connectivity index is 1.77. The number of ether oxygens (including phenoxy) is 1. The lowest BCUT2D eigenvalue weighted by molar-refractivity contribution is 0.185. The Morgan fingerprint density at radius 1 is 1.28 bits per heavy atom. The number of likely N-dealkylation sites (tertiary alicyclic amines) is 1. The lowest BCUT2D eigenvalue weighted by Gasteiger charge is -2.29. The molecule has 3 rings (SSSR count). The molecule has 0 aromatic heterocycles. The molecule has 0 atom stereocenters. The highest BCUT2D eigenvalue weighted by molar-refractivity contribution is 5.73. The van der Waals surface area contributed by atoms with Crippen LogP contribution >= 0.6 is 0 Å². The predicted molar refractivity (Wildman–Crippen MR) is 74.5 cm³/mol. The molecule has 18 heavy (non-hydrogen) atoms. The maximum absolute atomic E-state index is 5.22. The van der Waals surface area contributed by atoms with Gasteiger partial charge in [-0.25, -0.2) is 0 Å². The van der Waals surface area contributed by atoms with Gasteiger partial charge >= 0.3 is 0 Å². The van der Waals surface area contributed by atoms with Crippen LogP contribution in [-0.4, -0.2) is 31.6 Å². The molecule has 2 heteroatoms. The molecule has 0 N–H and O–H groups in total. The standard InChI is InChI=1S/C16H21NO/c1-18-12-13-3-4-14-5-6-15(16(14)11-13)7-10-17-8-2-9-17/h3-4,7,11H,2,5-6,8-10,12H2,1H3/b15-7+. The van der Waals surface area contributed by atoms with Crippen LogP contribution in [0, 0.1) is 0 Å². The van der Waals surface area contributed by atoms with Crippen LogP contribution in [0.2, 0.25) is 0 Å². The van der Waals surface area contributed by atoms with Crippen molar-refractivity contribution in [2.45, 2.75) is 25.9 Å². The van der Waals surface area contributed by atoms with Crippen molar-refractivity contribution in [3.8, 4) is 0 Å². The van der Waals surface area contributed by atoms with E-state index in [4.69, 9.17) is 4.74 Å². The highest BCUT2D eigenvalue weighted by Gasteiger charge is 2.18. The second-order valence-corrected chi connectivity index (χ2v) is 5.31. The zero-order valence-corrected chi connectivity index (χ0v) is 11.1. The zero-order valence-electron chi connectivity index (χ0n) is 11.1. The summed E-state index contributed by atoms with van der Waals surface area (Å²) < 4.78 is 5.22. The number of hydrogen-bond donors (Lipinski definition) is 0. The lowest BCUT2D eigenvalue weighted by Crippen LogP contribution is -2.37. The summed E-state index contributed by atoms with van der Waals surface area (Å²) in [6.45, 7) is 4.40. The van der Waals surface area contributed by atoms with Gasteiger partial charge in [0.25, 0.3) is 0 Å². The van der Waals surface area contributed by atoms with E-state index >= 15 is 0 Å². The second-order valence-electron chi connectivity index (χ2n) is 5.31. The number of methoxy groups -OCH3 is 1. The smallest absolute Gasteiger partial charge is 0.0713 e. The van der Waals surface area contributed by atoms with E-state index in [1.807, 2.05) is 0 Å². The maximum atomic E-state index is 5.22. The fraction of sp³-hybridized carbons (Fsp3) is 0.500. The first kappa shape index (κ1) is 11.9. The number of nitrogens with zero attached hydrogens (tertiary/aromatic N) is 1. The van der Waals surface area contributed by atoms with E-state index in [-0.39, 0.29) is 0 Å². The van der Waals surface area contributed by atoms with Gasteiger partial charge in [-0.1, -0.05) is 18.2 Å². The van der Waals surface area contributed by atoms with E-state index in [9.17, 15) is 0 Å². The number of fused-ring (bicyclic) bond motifs is 1. The molecular formula is C16H21NO. The lowest BCUT2D eigenvalue weighted by atomic mass is 10.0. The van der Waals surface area contributed by atoms with Gasteiger partial charge in [-0.3, -0.25) is 4.90 Å². The third kappa shape index (κ3) is 2.36. The predicted octanol–water partition coefficient (Wildman–Crippen LogP) is 2.87. The van der Waals surface area contributed by atoms with Crippen molar-refractivity contribution in [3.63, 3.8) is 0 Å². The molecule has 0 spiro atoms. The first-order valence-corrected chi connectivity index (χ1v) is 6.89. The number of allylic oxidation sites excluding steroid dienone is 1. The van der Waals surface area contributed by atoms with E-state index in [2.05, 4.69) is 29.2 Å². The van der Waals surface area contributed by atoms with Gasteiger partial charge in [0, 0.05) is 13.7 Å². The van der Waals surface area contributed by atoms with Crippen LogP contribution < -0.4 is 0 Å². The molecule has 0 amide bonds. The van der Waals surface area contributed by atoms with Crippen molar-refractivity contribution >= 4 is 5.57 Å². The van der Waals surface area contributed by atoms with Crippen LogP contribution in [0.5, 0.6) is 0 Å². The molecule has 1 aromatic carbocycles. The van der Waals surface area contributed by atoms with E-state index in [1.54, 1.807) is 7.11 Å². The molecule has 1 aromatic rings. The third-order valence-corrected chi connectivity index (χ3v) is 4.04. The topological polar surface area (TPSA) is 12.5 Å². The van der Waals surface area contributed by atoms with Gasteiger partial charge in [0.15, 0.2) is 0 Å². The summed E-state index contributed by atoms with van der Waals surface area (Å²) in [7, 11) is 1.76. The van der Waals surface area contributed by atoms with Crippen LogP contribution in [0.1, 0.15) is 29.5 Å². The Bertz CT molecular complexity index is 460. The minimum Gasteiger partial charge on any atom is -0.380 e. The molecule has 96 valence electrons. The minimum atomic E-state index is 0.715. The monoisotopic (exact) mass is 243 g/mol. The molecule has 1 aliphatic carbocycles. The zero-order chi connectivity index (χ0) is 12.4. The quantitative estimate of drug-likeness (QED) is 0.806. The van der Waals surface area contributed by atoms with E-state index in [0.717, 1.165) is 6.54 Å². The number of rotatable bonds is 4. The van der Waals surface area contributed by atoms with Crippen molar-refractivity contribution in [1.82, 2.24) is 4.90 Å². The van der Waals surface area contributed by atoms with Crippen LogP contribution in [0.25, 0.3) is 5.57 Å². The third-order valence-electron chi connectivity index (χ3n) is 4.04. The summed E-state index contributed by atoms with van der Waals surface area (Å²) >= 11 is 0. The largest absolute Gasteiger partial charge is 0.380 e. The molecule has 1 heterocycles. The van der Waals surface area contributed by atoms with E-state index < -0.39 is 0 Å². The van der Waals surface area contributed by atoms with Crippen LogP contribution in [0.3, 0.4) is 0 Å². The molecule has 2 aliphatic rings. The Morgan fingerprint density at radius 3 is 2.89 bits per heavy atom. The molecule has 1 fully saturated rings. The van der Waals surface area contributed by atoms with Crippen LogP contribution in [-0.2, 0) is 17.8 Å². The first-order chi connectivity index (χ1) is 8.86. The SMILES string of the molecule is COCc1ccc2c(c1)/C(=C/CN1CCC1)CC2. The average Bonchev–Trinajstić information content (AvgIpc) is 2.71. The molecular weight excluding hydrogens is 222 g/mol. The van der Waals surface area contributed by atoms with Gasteiger partial charge in [-0.2, -0.15) is 0 Å². The summed E-state index contributed by atoms with van der Waals surface area (Å²) in [6.07, 6.45) is 6.22. The van der Waals surface area contributed by atoms with E-state index in [0.29, 0.717) is 6.61 Å². The summed E-state index contributed by atoms with van der Waals surface area (Å²) in [6, 6.07) is 6.78. The molecule has 0 unspecified atom stereocenters. The number of benzene rings is 1. The Kier molecular flexibility index (Phi) is 3.48. The van der Waals surface area contributed by atoms with E-state index in [1.165, 1.54) is 54.6 Å². The molecule has 0 saturated carbocycles. The fourth-order valence-electron chi connectivity index (χ4n) is 2.82. The molecule has 2 nitrogen and oxygen atoms in total. The van der Waals surface area contributed by atoms with Gasteiger partial charge in [0.05, 0.1) is 6.61 Å². The summed E-state index contributed by atoms with van der Waals surface area (Å²) in [4.78, 5) is 2.50. The van der Waals surface area contributed by atoms with Gasteiger partial charge in [0.1, 0.15) is 0 Å². The summed E-state index contributed by atoms with van der Waals surface area (Å²) in [5.74, 6) is 0. The summed E-state index contributed by atoms with van der Waals surface area (Å²) in [5, 5.41) is 0. The van der Waals surface area contributed by atoms with Gasteiger partial charge < -0.3 is 4.74 Å². The van der Waals surface area contributed by atoms with Crippen LogP contribution in [0.15, 0.2) is 24.3 Å². The van der Waals surface area contributed by atoms with Gasteiger partial charge in [0.2, 0.25) is 0 Å². The number of aryl methyl sites for hydroxylation is 1. The van der Waals surface area contributed by atoms with Gasteiger partial charge in [-0.15, -0.1) is 0 Å². The minimum absolute atomic E-state index is 0.715. The average molecular weight is 243 g/mol. The molecule has 0 radical (unpaired) electrons.